The number of amides is 3. The predicted octanol–water partition coefficient (Wildman–Crippen LogP) is 2.53. The van der Waals surface area contributed by atoms with E-state index in [-0.39, 0.29) is 11.9 Å². The van der Waals surface area contributed by atoms with E-state index in [1.165, 1.54) is 12.8 Å². The number of aryl methyl sites for hydroxylation is 1. The fourth-order valence-electron chi connectivity index (χ4n) is 3.24. The molecule has 1 saturated carbocycles. The summed E-state index contributed by atoms with van der Waals surface area (Å²) >= 11 is 0. The summed E-state index contributed by atoms with van der Waals surface area (Å²) in [7, 11) is 0. The van der Waals surface area contributed by atoms with E-state index >= 15 is 0 Å². The minimum atomic E-state index is -0.121. The molecule has 0 aromatic heterocycles. The zero-order valence-corrected chi connectivity index (χ0v) is 14.1. The Labute approximate surface area is 142 Å². The Morgan fingerprint density at radius 3 is 2.54 bits per heavy atom. The molecule has 24 heavy (non-hydrogen) atoms. The van der Waals surface area contributed by atoms with Gasteiger partial charge in [0.05, 0.1) is 13.2 Å². The Morgan fingerprint density at radius 1 is 1.17 bits per heavy atom. The number of rotatable bonds is 3. The smallest absolute Gasteiger partial charge is 0.322 e. The van der Waals surface area contributed by atoms with Gasteiger partial charge in [0, 0.05) is 30.4 Å². The van der Waals surface area contributed by atoms with Crippen molar-refractivity contribution in [3.8, 4) is 0 Å². The lowest BCUT2D eigenvalue weighted by Crippen LogP contribution is -2.43. The maximum absolute atomic E-state index is 12.3. The maximum atomic E-state index is 12.3. The number of hydrogen-bond acceptors (Lipinski definition) is 3. The summed E-state index contributed by atoms with van der Waals surface area (Å²) < 4.78 is 5.25. The predicted molar refractivity (Wildman–Crippen MR) is 92.3 cm³/mol. The number of hydrogen-bond donors (Lipinski definition) is 2. The van der Waals surface area contributed by atoms with Gasteiger partial charge >= 0.3 is 6.03 Å². The average Bonchev–Trinajstić information content (AvgIpc) is 3.10. The molecule has 2 N–H and O–H groups in total. The Balaban J connectivity index is 1.61. The minimum Gasteiger partial charge on any atom is -0.378 e. The number of nitrogens with one attached hydrogen (secondary N) is 2. The number of benzene rings is 1. The zero-order valence-electron chi connectivity index (χ0n) is 14.1. The van der Waals surface area contributed by atoms with Gasteiger partial charge < -0.3 is 20.3 Å². The second-order valence-electron chi connectivity index (χ2n) is 6.51. The number of urea groups is 1. The fourth-order valence-corrected chi connectivity index (χ4v) is 3.24. The van der Waals surface area contributed by atoms with Gasteiger partial charge in [0.25, 0.3) is 5.91 Å². The molecule has 1 aromatic carbocycles. The third-order valence-electron chi connectivity index (χ3n) is 4.72. The summed E-state index contributed by atoms with van der Waals surface area (Å²) in [6.07, 6.45) is 4.52. The van der Waals surface area contributed by atoms with Crippen LogP contribution < -0.4 is 10.6 Å². The van der Waals surface area contributed by atoms with Crippen molar-refractivity contribution in [3.63, 3.8) is 0 Å². The van der Waals surface area contributed by atoms with Gasteiger partial charge in [-0.3, -0.25) is 4.79 Å². The summed E-state index contributed by atoms with van der Waals surface area (Å²) in [6, 6.07) is 5.59. The summed E-state index contributed by atoms with van der Waals surface area (Å²) in [4.78, 5) is 26.3. The Kier molecular flexibility index (Phi) is 5.35. The van der Waals surface area contributed by atoms with Gasteiger partial charge in [0.15, 0.2) is 0 Å². The van der Waals surface area contributed by atoms with Gasteiger partial charge in [0.2, 0.25) is 0 Å². The molecule has 130 valence electrons. The second-order valence-corrected chi connectivity index (χ2v) is 6.51. The van der Waals surface area contributed by atoms with Crippen molar-refractivity contribution in [2.75, 3.05) is 31.6 Å². The van der Waals surface area contributed by atoms with Crippen molar-refractivity contribution in [3.05, 3.63) is 29.3 Å². The molecular weight excluding hydrogens is 306 g/mol. The van der Waals surface area contributed by atoms with Crippen LogP contribution in [0, 0.1) is 6.92 Å². The van der Waals surface area contributed by atoms with Gasteiger partial charge in [-0.1, -0.05) is 12.8 Å². The van der Waals surface area contributed by atoms with Crippen molar-refractivity contribution in [2.45, 2.75) is 38.6 Å². The van der Waals surface area contributed by atoms with Crippen molar-refractivity contribution >= 4 is 17.6 Å². The molecule has 0 unspecified atom stereocenters. The van der Waals surface area contributed by atoms with E-state index in [2.05, 4.69) is 10.6 Å². The van der Waals surface area contributed by atoms with Gasteiger partial charge in [0.1, 0.15) is 0 Å². The number of morpholine rings is 1. The molecule has 1 aliphatic carbocycles. The number of carbonyl (C=O) groups is 2. The molecule has 2 fully saturated rings. The normalized spacial score (nSPS) is 18.5. The monoisotopic (exact) mass is 331 g/mol. The highest BCUT2D eigenvalue weighted by atomic mass is 16.5. The van der Waals surface area contributed by atoms with Crippen LogP contribution in [0.3, 0.4) is 0 Å². The third-order valence-corrected chi connectivity index (χ3v) is 4.72. The Bertz CT molecular complexity index is 606. The molecule has 0 atom stereocenters. The first-order valence-electron chi connectivity index (χ1n) is 8.68. The molecule has 1 aliphatic heterocycles. The first-order valence-corrected chi connectivity index (χ1v) is 8.68. The van der Waals surface area contributed by atoms with E-state index < -0.39 is 0 Å². The fraction of sp³-hybridized carbons (Fsp3) is 0.556. The standard InChI is InChI=1S/C18H25N3O3/c1-13-12-14(17(22)19-15-4-2-3-5-15)6-7-16(13)20-18(23)21-8-10-24-11-9-21/h6-7,12,15H,2-5,8-11H2,1H3,(H,19,22)(H,20,23). The highest BCUT2D eigenvalue weighted by molar-refractivity contribution is 5.96. The molecule has 0 bridgehead atoms. The first kappa shape index (κ1) is 16.8. The molecule has 1 saturated heterocycles. The first-order chi connectivity index (χ1) is 11.6. The van der Waals surface area contributed by atoms with Crippen LogP contribution in [0.2, 0.25) is 0 Å². The summed E-state index contributed by atoms with van der Waals surface area (Å²) in [6.45, 7) is 4.26. The van der Waals surface area contributed by atoms with E-state index in [0.717, 1.165) is 24.1 Å². The average molecular weight is 331 g/mol. The molecule has 3 amide bonds. The number of ether oxygens (including phenoxy) is 1. The zero-order chi connectivity index (χ0) is 16.9. The molecule has 3 rings (SSSR count). The van der Waals surface area contributed by atoms with E-state index in [0.29, 0.717) is 37.9 Å². The van der Waals surface area contributed by atoms with Crippen LogP contribution in [0.4, 0.5) is 10.5 Å². The van der Waals surface area contributed by atoms with Crippen molar-refractivity contribution in [1.29, 1.82) is 0 Å². The van der Waals surface area contributed by atoms with Crippen LogP contribution in [-0.2, 0) is 4.74 Å². The molecule has 0 spiro atoms. The molecule has 0 radical (unpaired) electrons. The van der Waals surface area contributed by atoms with Crippen LogP contribution >= 0.6 is 0 Å². The molecular formula is C18H25N3O3. The third kappa shape index (κ3) is 4.06. The number of anilines is 1. The maximum Gasteiger partial charge on any atom is 0.322 e. The van der Waals surface area contributed by atoms with Crippen molar-refractivity contribution in [2.24, 2.45) is 0 Å². The summed E-state index contributed by atoms with van der Waals surface area (Å²) in [5.41, 5.74) is 2.27. The molecule has 1 heterocycles. The van der Waals surface area contributed by atoms with E-state index in [4.69, 9.17) is 4.74 Å². The van der Waals surface area contributed by atoms with Crippen LogP contribution in [0.15, 0.2) is 18.2 Å². The van der Waals surface area contributed by atoms with Gasteiger partial charge in [-0.2, -0.15) is 0 Å². The Hall–Kier alpha value is -2.08. The highest BCUT2D eigenvalue weighted by Gasteiger charge is 2.20. The van der Waals surface area contributed by atoms with Gasteiger partial charge in [-0.15, -0.1) is 0 Å². The van der Waals surface area contributed by atoms with Crippen LogP contribution in [0.5, 0.6) is 0 Å². The second kappa shape index (κ2) is 7.66. The number of nitrogens with zero attached hydrogens (tertiary/aromatic N) is 1. The SMILES string of the molecule is Cc1cc(C(=O)NC2CCCC2)ccc1NC(=O)N1CCOCC1. The highest BCUT2D eigenvalue weighted by Crippen LogP contribution is 2.20. The lowest BCUT2D eigenvalue weighted by Gasteiger charge is -2.27. The lowest BCUT2D eigenvalue weighted by atomic mass is 10.1. The molecule has 6 nitrogen and oxygen atoms in total. The van der Waals surface area contributed by atoms with Crippen LogP contribution in [-0.4, -0.2) is 49.2 Å². The summed E-state index contributed by atoms with van der Waals surface area (Å²) in [5.74, 6) is -0.0314. The Morgan fingerprint density at radius 2 is 1.88 bits per heavy atom. The minimum absolute atomic E-state index is 0.0314. The molecule has 1 aromatic rings. The van der Waals surface area contributed by atoms with E-state index in [1.807, 2.05) is 13.0 Å². The van der Waals surface area contributed by atoms with Crippen molar-refractivity contribution in [1.82, 2.24) is 10.2 Å². The van der Waals surface area contributed by atoms with E-state index in [9.17, 15) is 9.59 Å². The van der Waals surface area contributed by atoms with Crippen LogP contribution in [0.25, 0.3) is 0 Å². The van der Waals surface area contributed by atoms with Gasteiger partial charge in [-0.05, 0) is 43.5 Å². The van der Waals surface area contributed by atoms with E-state index in [1.54, 1.807) is 17.0 Å². The molecule has 2 aliphatic rings. The van der Waals surface area contributed by atoms with Crippen LogP contribution in [0.1, 0.15) is 41.6 Å². The molecule has 6 heteroatoms. The number of carbonyl (C=O) groups excluding carboxylic acids is 2. The quantitative estimate of drug-likeness (QED) is 0.894. The van der Waals surface area contributed by atoms with Crippen molar-refractivity contribution < 1.29 is 14.3 Å². The largest absolute Gasteiger partial charge is 0.378 e. The lowest BCUT2D eigenvalue weighted by molar-refractivity contribution is 0.0564. The van der Waals surface area contributed by atoms with Gasteiger partial charge in [-0.25, -0.2) is 4.79 Å². The topological polar surface area (TPSA) is 70.7 Å². The summed E-state index contributed by atoms with van der Waals surface area (Å²) in [5, 5.41) is 6.00.